The zero-order chi connectivity index (χ0) is 11.4. The van der Waals surface area contributed by atoms with Gasteiger partial charge in [0.05, 0.1) is 5.69 Å². The molecule has 16 heavy (non-hydrogen) atoms. The van der Waals surface area contributed by atoms with Crippen LogP contribution >= 0.6 is 12.8 Å². The lowest BCUT2D eigenvalue weighted by Crippen LogP contribution is -1.92. The van der Waals surface area contributed by atoms with Gasteiger partial charge in [-0.1, -0.05) is 43.1 Å². The van der Waals surface area contributed by atoms with E-state index >= 15 is 0 Å². The van der Waals surface area contributed by atoms with Crippen LogP contribution in [-0.2, 0) is 0 Å². The van der Waals surface area contributed by atoms with Crippen LogP contribution in [0.1, 0.15) is 5.56 Å². The van der Waals surface area contributed by atoms with E-state index in [-0.39, 0.29) is 0 Å². The summed E-state index contributed by atoms with van der Waals surface area (Å²) >= 11 is 4.06. The van der Waals surface area contributed by atoms with Crippen LogP contribution in [0.25, 0.3) is 0 Å². The number of hydrogen-bond acceptors (Lipinski definition) is 3. The van der Waals surface area contributed by atoms with Gasteiger partial charge >= 0.3 is 0 Å². The summed E-state index contributed by atoms with van der Waals surface area (Å²) in [5.41, 5.74) is 1.94. The number of thiol groups is 1. The van der Waals surface area contributed by atoms with Crippen molar-refractivity contribution in [2.75, 3.05) is 4.72 Å². The Hall–Kier alpha value is -1.61. The number of ether oxygens (including phenoxy) is 1. The van der Waals surface area contributed by atoms with Crippen LogP contribution < -0.4 is 9.46 Å². The fourth-order valence-electron chi connectivity index (χ4n) is 1.48. The molecule has 2 nitrogen and oxygen atoms in total. The minimum Gasteiger partial charge on any atom is -0.455 e. The second kappa shape index (κ2) is 4.94. The molecule has 3 heteroatoms. The molecule has 0 heterocycles. The smallest absolute Gasteiger partial charge is 0.154 e. The van der Waals surface area contributed by atoms with E-state index in [2.05, 4.69) is 17.5 Å². The van der Waals surface area contributed by atoms with Crippen molar-refractivity contribution < 1.29 is 4.74 Å². The summed E-state index contributed by atoms with van der Waals surface area (Å²) in [7, 11) is 0. The summed E-state index contributed by atoms with van der Waals surface area (Å²) in [6.07, 6.45) is 0. The highest BCUT2D eigenvalue weighted by atomic mass is 32.1. The minimum atomic E-state index is 0.809. The van der Waals surface area contributed by atoms with E-state index in [0.717, 1.165) is 22.7 Å². The molecular weight excluding hydrogens is 218 g/mol. The van der Waals surface area contributed by atoms with Crippen molar-refractivity contribution in [1.82, 2.24) is 0 Å². The molecule has 0 aliphatic rings. The third-order valence-electron chi connectivity index (χ3n) is 2.30. The first-order chi connectivity index (χ1) is 7.81. The molecule has 0 aromatic heterocycles. The third kappa shape index (κ3) is 2.31. The first-order valence-electron chi connectivity index (χ1n) is 5.04. The predicted molar refractivity (Wildman–Crippen MR) is 70.3 cm³/mol. The molecule has 0 fully saturated rings. The van der Waals surface area contributed by atoms with Gasteiger partial charge < -0.3 is 9.46 Å². The minimum absolute atomic E-state index is 0.809. The summed E-state index contributed by atoms with van der Waals surface area (Å²) < 4.78 is 8.65. The Morgan fingerprint density at radius 3 is 2.44 bits per heavy atom. The van der Waals surface area contributed by atoms with E-state index < -0.39 is 0 Å². The van der Waals surface area contributed by atoms with Crippen molar-refractivity contribution in [3.8, 4) is 11.5 Å². The van der Waals surface area contributed by atoms with Crippen LogP contribution in [-0.4, -0.2) is 0 Å². The normalized spacial score (nSPS) is 9.88. The van der Waals surface area contributed by atoms with E-state index in [1.54, 1.807) is 0 Å². The zero-order valence-corrected chi connectivity index (χ0v) is 9.87. The molecule has 0 saturated carbocycles. The molecule has 0 amide bonds. The van der Waals surface area contributed by atoms with Crippen LogP contribution in [0.2, 0.25) is 0 Å². The summed E-state index contributed by atoms with van der Waals surface area (Å²) in [4.78, 5) is 0. The first kappa shape index (κ1) is 10.9. The Balaban J connectivity index is 2.34. The van der Waals surface area contributed by atoms with Gasteiger partial charge in [0.1, 0.15) is 5.75 Å². The van der Waals surface area contributed by atoms with E-state index in [1.807, 2.05) is 55.5 Å². The first-order valence-corrected chi connectivity index (χ1v) is 5.48. The largest absolute Gasteiger partial charge is 0.455 e. The number of nitrogens with one attached hydrogen (secondary N) is 1. The molecule has 82 valence electrons. The van der Waals surface area contributed by atoms with Gasteiger partial charge in [-0.3, -0.25) is 0 Å². The number of rotatable bonds is 3. The second-order valence-corrected chi connectivity index (χ2v) is 3.70. The molecule has 0 aliphatic carbocycles. The quantitative estimate of drug-likeness (QED) is 0.778. The molecule has 0 atom stereocenters. The average molecular weight is 231 g/mol. The standard InChI is InChI=1S/C13H13NOS/c1-10-6-5-9-12(14-16)13(10)15-11-7-3-2-4-8-11/h2-9,14,16H,1H3. The van der Waals surface area contributed by atoms with Gasteiger partial charge in [0, 0.05) is 0 Å². The van der Waals surface area contributed by atoms with Gasteiger partial charge in [-0.15, -0.1) is 0 Å². The maximum atomic E-state index is 5.82. The molecule has 0 radical (unpaired) electrons. The molecule has 1 N–H and O–H groups in total. The summed E-state index contributed by atoms with van der Waals surface area (Å²) in [5, 5.41) is 0. The molecule has 0 unspecified atom stereocenters. The van der Waals surface area contributed by atoms with Gasteiger partial charge in [-0.25, -0.2) is 0 Å². The van der Waals surface area contributed by atoms with Crippen LogP contribution in [0.15, 0.2) is 48.5 Å². The topological polar surface area (TPSA) is 21.3 Å². The van der Waals surface area contributed by atoms with Crippen molar-refractivity contribution in [2.24, 2.45) is 0 Å². The Morgan fingerprint density at radius 1 is 1.00 bits per heavy atom. The van der Waals surface area contributed by atoms with Gasteiger partial charge in [0.25, 0.3) is 0 Å². The summed E-state index contributed by atoms with van der Waals surface area (Å²) in [6, 6.07) is 15.6. The Morgan fingerprint density at radius 2 is 1.75 bits per heavy atom. The fourth-order valence-corrected chi connectivity index (χ4v) is 1.66. The Labute approximate surface area is 101 Å². The van der Waals surface area contributed by atoms with E-state index in [1.165, 1.54) is 0 Å². The van der Waals surface area contributed by atoms with Gasteiger partial charge in [-0.05, 0) is 30.7 Å². The number of benzene rings is 2. The van der Waals surface area contributed by atoms with E-state index in [4.69, 9.17) is 4.74 Å². The third-order valence-corrected chi connectivity index (χ3v) is 2.54. The van der Waals surface area contributed by atoms with Crippen LogP contribution in [0, 0.1) is 6.92 Å². The predicted octanol–water partition coefficient (Wildman–Crippen LogP) is 4.04. The van der Waals surface area contributed by atoms with E-state index in [9.17, 15) is 0 Å². The van der Waals surface area contributed by atoms with Crippen molar-refractivity contribution in [3.63, 3.8) is 0 Å². The monoisotopic (exact) mass is 231 g/mol. The average Bonchev–Trinajstić information content (AvgIpc) is 2.33. The van der Waals surface area contributed by atoms with Crippen molar-refractivity contribution >= 4 is 18.5 Å². The Kier molecular flexibility index (Phi) is 3.37. The molecule has 0 saturated heterocycles. The van der Waals surface area contributed by atoms with Crippen LogP contribution in [0.4, 0.5) is 5.69 Å². The number of anilines is 1. The van der Waals surface area contributed by atoms with E-state index in [0.29, 0.717) is 0 Å². The highest BCUT2D eigenvalue weighted by molar-refractivity contribution is 7.81. The van der Waals surface area contributed by atoms with Gasteiger partial charge in [0.2, 0.25) is 0 Å². The lowest BCUT2D eigenvalue weighted by Gasteiger charge is -2.12. The van der Waals surface area contributed by atoms with Crippen LogP contribution in [0.5, 0.6) is 11.5 Å². The molecule has 2 aromatic carbocycles. The lowest BCUT2D eigenvalue weighted by atomic mass is 10.2. The molecule has 2 rings (SSSR count). The zero-order valence-electron chi connectivity index (χ0n) is 8.97. The van der Waals surface area contributed by atoms with Crippen molar-refractivity contribution in [1.29, 1.82) is 0 Å². The SMILES string of the molecule is Cc1cccc(NS)c1Oc1ccccc1. The fraction of sp³-hybridized carbons (Fsp3) is 0.0769. The lowest BCUT2D eigenvalue weighted by molar-refractivity contribution is 0.481. The molecule has 0 bridgehead atoms. The highest BCUT2D eigenvalue weighted by Crippen LogP contribution is 2.32. The Bertz CT molecular complexity index is 471. The second-order valence-electron chi connectivity index (χ2n) is 3.48. The molecule has 0 spiro atoms. The summed E-state index contributed by atoms with van der Waals surface area (Å²) in [5.74, 6) is 1.63. The van der Waals surface area contributed by atoms with Crippen molar-refractivity contribution in [3.05, 3.63) is 54.1 Å². The van der Waals surface area contributed by atoms with Gasteiger partial charge in [-0.2, -0.15) is 0 Å². The van der Waals surface area contributed by atoms with Crippen molar-refractivity contribution in [2.45, 2.75) is 6.92 Å². The number of hydrogen-bond donors (Lipinski definition) is 2. The van der Waals surface area contributed by atoms with Gasteiger partial charge in [0.15, 0.2) is 5.75 Å². The maximum absolute atomic E-state index is 5.82. The number of para-hydroxylation sites is 2. The molecular formula is C13H13NOS. The maximum Gasteiger partial charge on any atom is 0.154 e. The molecule has 2 aromatic rings. The summed E-state index contributed by atoms with van der Waals surface area (Å²) in [6.45, 7) is 2.01. The molecule has 0 aliphatic heterocycles. The highest BCUT2D eigenvalue weighted by Gasteiger charge is 2.06. The van der Waals surface area contributed by atoms with Crippen LogP contribution in [0.3, 0.4) is 0 Å². The number of aryl methyl sites for hydroxylation is 1.